The van der Waals surface area contributed by atoms with E-state index in [0.717, 1.165) is 61.9 Å². The number of thiophene rings is 1. The normalized spacial score (nSPS) is 26.6. The SMILES string of the molecule is Cc1cc2[nH]ncc2c(-c2nccc3c2sc2nc(OC[C@@]45CCCN4C[C@H](F)C5)nc(N4C5CCC4CNC5)c23)c1C(F)(F)F. The summed E-state index contributed by atoms with van der Waals surface area (Å²) in [6.07, 6.45) is 1.84. The van der Waals surface area contributed by atoms with Gasteiger partial charge in [0.05, 0.1) is 38.6 Å². The first-order valence-electron chi connectivity index (χ1n) is 15.8. The molecule has 4 saturated heterocycles. The molecule has 2 bridgehead atoms. The Hall–Kier alpha value is -3.62. The van der Waals surface area contributed by atoms with E-state index in [2.05, 4.69) is 30.3 Å². The van der Waals surface area contributed by atoms with E-state index < -0.39 is 17.9 Å². The van der Waals surface area contributed by atoms with E-state index in [4.69, 9.17) is 14.7 Å². The number of rotatable bonds is 5. The number of fused-ring (bicyclic) bond motifs is 7. The summed E-state index contributed by atoms with van der Waals surface area (Å²) in [5.74, 6) is 0.738. The van der Waals surface area contributed by atoms with E-state index in [-0.39, 0.29) is 40.5 Å². The quantitative estimate of drug-likeness (QED) is 0.223. The lowest BCUT2D eigenvalue weighted by molar-refractivity contribution is -0.137. The van der Waals surface area contributed by atoms with Crippen LogP contribution in [0.25, 0.3) is 42.5 Å². The minimum Gasteiger partial charge on any atom is -0.461 e. The number of benzene rings is 1. The minimum absolute atomic E-state index is 0.00376. The van der Waals surface area contributed by atoms with E-state index in [9.17, 15) is 17.6 Å². The molecule has 9 rings (SSSR count). The van der Waals surface area contributed by atoms with Gasteiger partial charge in [0, 0.05) is 60.7 Å². The molecule has 8 heterocycles. The summed E-state index contributed by atoms with van der Waals surface area (Å²) in [5.41, 5.74) is -0.244. The highest BCUT2D eigenvalue weighted by atomic mass is 32.1. The van der Waals surface area contributed by atoms with Gasteiger partial charge in [0.2, 0.25) is 0 Å². The monoisotopic (exact) mass is 652 g/mol. The van der Waals surface area contributed by atoms with Crippen molar-refractivity contribution in [2.75, 3.05) is 37.7 Å². The molecule has 240 valence electrons. The Morgan fingerprint density at radius 3 is 2.78 bits per heavy atom. The van der Waals surface area contributed by atoms with Crippen molar-refractivity contribution in [1.82, 2.24) is 35.4 Å². The molecular weight excluding hydrogens is 620 g/mol. The number of aromatic nitrogens is 5. The van der Waals surface area contributed by atoms with Crippen LogP contribution in [-0.4, -0.2) is 86.6 Å². The number of nitrogens with zero attached hydrogens (tertiary/aromatic N) is 6. The average molecular weight is 653 g/mol. The van der Waals surface area contributed by atoms with Crippen molar-refractivity contribution in [2.45, 2.75) is 69.0 Å². The predicted molar refractivity (Wildman–Crippen MR) is 168 cm³/mol. The van der Waals surface area contributed by atoms with Crippen molar-refractivity contribution in [3.63, 3.8) is 0 Å². The number of piperazine rings is 1. The summed E-state index contributed by atoms with van der Waals surface area (Å²) in [6, 6.07) is 4.00. The number of halogens is 4. The van der Waals surface area contributed by atoms with E-state index in [0.29, 0.717) is 40.0 Å². The van der Waals surface area contributed by atoms with Crippen LogP contribution in [0.5, 0.6) is 6.01 Å². The molecule has 4 fully saturated rings. The highest BCUT2D eigenvalue weighted by Gasteiger charge is 2.49. The predicted octanol–water partition coefficient (Wildman–Crippen LogP) is 6.01. The number of anilines is 1. The zero-order chi connectivity index (χ0) is 31.4. The molecule has 9 nitrogen and oxygen atoms in total. The molecule has 0 aliphatic carbocycles. The van der Waals surface area contributed by atoms with E-state index >= 15 is 0 Å². The summed E-state index contributed by atoms with van der Waals surface area (Å²) < 4.78 is 65.5. The smallest absolute Gasteiger partial charge is 0.417 e. The van der Waals surface area contributed by atoms with Crippen LogP contribution >= 0.6 is 11.3 Å². The molecule has 0 saturated carbocycles. The number of nitrogens with one attached hydrogen (secondary N) is 2. The van der Waals surface area contributed by atoms with Gasteiger partial charge < -0.3 is 15.0 Å². The first-order chi connectivity index (χ1) is 22.2. The molecule has 0 spiro atoms. The second-order valence-electron chi connectivity index (χ2n) is 13.2. The summed E-state index contributed by atoms with van der Waals surface area (Å²) in [7, 11) is 0. The Morgan fingerprint density at radius 2 is 1.98 bits per heavy atom. The van der Waals surface area contributed by atoms with Crippen LogP contribution < -0.4 is 15.0 Å². The molecule has 0 radical (unpaired) electrons. The molecule has 2 N–H and O–H groups in total. The lowest BCUT2D eigenvalue weighted by Crippen LogP contribution is -2.52. The number of alkyl halides is 4. The number of ether oxygens (including phenoxy) is 1. The highest BCUT2D eigenvalue weighted by molar-refractivity contribution is 7.26. The molecule has 4 aliphatic rings. The number of H-pyrrole nitrogens is 1. The van der Waals surface area contributed by atoms with Crippen LogP contribution in [-0.2, 0) is 6.18 Å². The molecule has 1 aromatic carbocycles. The standard InChI is InChI=1S/C32H32F4N8OS/c1-16-9-22-21(13-39-42-22)23(25(16)32(34,35)36)26-27-20(5-7-38-26)24-28(44-18-3-4-19(44)12-37-11-18)40-30(41-29(24)46-27)45-15-31-6-2-8-43(31)14-17(33)10-31/h5,7,9,13,17-19,37H,2-4,6,8,10-12,14-15H2,1H3,(H,39,42)/t17-,18?,19?,31+/m1/s1. The summed E-state index contributed by atoms with van der Waals surface area (Å²) in [6.45, 7) is 4.67. The molecule has 2 unspecified atom stereocenters. The summed E-state index contributed by atoms with van der Waals surface area (Å²) in [5, 5.41) is 12.3. The summed E-state index contributed by atoms with van der Waals surface area (Å²) >= 11 is 1.31. The molecule has 46 heavy (non-hydrogen) atoms. The third-order valence-electron chi connectivity index (χ3n) is 10.5. The third kappa shape index (κ3) is 4.25. The first kappa shape index (κ1) is 28.6. The number of hydrogen-bond acceptors (Lipinski definition) is 9. The Kier molecular flexibility index (Phi) is 6.33. The lowest BCUT2D eigenvalue weighted by atomic mass is 9.94. The maximum atomic E-state index is 14.7. The van der Waals surface area contributed by atoms with Crippen LogP contribution in [0.3, 0.4) is 0 Å². The van der Waals surface area contributed by atoms with Crippen LogP contribution in [0.1, 0.15) is 43.2 Å². The van der Waals surface area contributed by atoms with E-state index in [1.54, 1.807) is 6.20 Å². The van der Waals surface area contributed by atoms with Crippen molar-refractivity contribution >= 4 is 48.4 Å². The second kappa shape index (κ2) is 10.2. The molecular formula is C32H32F4N8OS. The highest BCUT2D eigenvalue weighted by Crippen LogP contribution is 2.49. The third-order valence-corrected chi connectivity index (χ3v) is 11.6. The van der Waals surface area contributed by atoms with Crippen molar-refractivity contribution in [3.05, 3.63) is 35.7 Å². The van der Waals surface area contributed by atoms with Gasteiger partial charge in [0.25, 0.3) is 0 Å². The number of aromatic amines is 1. The van der Waals surface area contributed by atoms with Gasteiger partial charge in [-0.1, -0.05) is 0 Å². The first-order valence-corrected chi connectivity index (χ1v) is 16.7. The van der Waals surface area contributed by atoms with Gasteiger partial charge in [-0.3, -0.25) is 15.0 Å². The fraction of sp³-hybridized carbons (Fsp3) is 0.500. The van der Waals surface area contributed by atoms with Gasteiger partial charge in [-0.05, 0) is 56.8 Å². The van der Waals surface area contributed by atoms with Gasteiger partial charge in [0.15, 0.2) is 0 Å². The van der Waals surface area contributed by atoms with Crippen molar-refractivity contribution < 1.29 is 22.3 Å². The molecule has 5 aromatic rings. The minimum atomic E-state index is -4.61. The number of pyridine rings is 1. The van der Waals surface area contributed by atoms with Gasteiger partial charge in [-0.25, -0.2) is 4.39 Å². The summed E-state index contributed by atoms with van der Waals surface area (Å²) in [4.78, 5) is 19.7. The average Bonchev–Trinajstić information content (AvgIpc) is 3.81. The Labute approximate surface area is 265 Å². The maximum Gasteiger partial charge on any atom is 0.417 e. The zero-order valence-corrected chi connectivity index (χ0v) is 25.9. The fourth-order valence-corrected chi connectivity index (χ4v) is 9.75. The number of hydrogen-bond donors (Lipinski definition) is 2. The Morgan fingerprint density at radius 1 is 1.15 bits per heavy atom. The van der Waals surface area contributed by atoms with Crippen LogP contribution in [0.4, 0.5) is 23.4 Å². The van der Waals surface area contributed by atoms with Crippen molar-refractivity contribution in [3.8, 4) is 17.3 Å². The van der Waals surface area contributed by atoms with Gasteiger partial charge in [0.1, 0.15) is 23.4 Å². The van der Waals surface area contributed by atoms with Gasteiger partial charge >= 0.3 is 12.2 Å². The maximum absolute atomic E-state index is 14.7. The molecule has 14 heteroatoms. The van der Waals surface area contributed by atoms with Crippen LogP contribution in [0.2, 0.25) is 0 Å². The van der Waals surface area contributed by atoms with Gasteiger partial charge in [-0.2, -0.15) is 28.2 Å². The lowest BCUT2D eigenvalue weighted by Gasteiger charge is -2.37. The largest absolute Gasteiger partial charge is 0.461 e. The van der Waals surface area contributed by atoms with Crippen LogP contribution in [0.15, 0.2) is 24.5 Å². The zero-order valence-electron chi connectivity index (χ0n) is 25.1. The molecule has 4 aliphatic heterocycles. The topological polar surface area (TPSA) is 95.1 Å². The molecule has 0 amide bonds. The van der Waals surface area contributed by atoms with Crippen molar-refractivity contribution in [1.29, 1.82) is 0 Å². The molecule has 4 aromatic heterocycles. The van der Waals surface area contributed by atoms with Crippen LogP contribution in [0, 0.1) is 6.92 Å². The number of aryl methyl sites for hydroxylation is 1. The van der Waals surface area contributed by atoms with Crippen molar-refractivity contribution in [2.24, 2.45) is 0 Å². The molecule has 4 atom stereocenters. The second-order valence-corrected chi connectivity index (χ2v) is 14.2. The Balaban J connectivity index is 1.25. The van der Waals surface area contributed by atoms with E-state index in [1.807, 2.05) is 6.07 Å². The Bertz CT molecular complexity index is 2000. The van der Waals surface area contributed by atoms with E-state index in [1.165, 1.54) is 30.5 Å². The fourth-order valence-electron chi connectivity index (χ4n) is 8.60. The van der Waals surface area contributed by atoms with Gasteiger partial charge in [-0.15, -0.1) is 11.3 Å².